The summed E-state index contributed by atoms with van der Waals surface area (Å²) in [5.74, 6) is 0. The number of hydrogen-bond donors (Lipinski definition) is 1. The zero-order valence-electron chi connectivity index (χ0n) is 11.7. The van der Waals surface area contributed by atoms with Crippen molar-refractivity contribution in [3.63, 3.8) is 0 Å². The van der Waals surface area contributed by atoms with Gasteiger partial charge in [-0.15, -0.1) is 10.2 Å². The lowest BCUT2D eigenvalue weighted by Gasteiger charge is -2.19. The van der Waals surface area contributed by atoms with Crippen LogP contribution < -0.4 is 10.1 Å². The van der Waals surface area contributed by atoms with Gasteiger partial charge in [-0.3, -0.25) is 0 Å². The molecular weight excluding hydrogens is 250 g/mol. The molecule has 1 rings (SSSR count). The molecule has 0 radical (unpaired) electrons. The van der Waals surface area contributed by atoms with Gasteiger partial charge in [-0.2, -0.15) is 0 Å². The van der Waals surface area contributed by atoms with Gasteiger partial charge in [-0.25, -0.2) is 0 Å². The molecule has 0 saturated heterocycles. The van der Waals surface area contributed by atoms with Crippen molar-refractivity contribution in [2.45, 2.75) is 46.2 Å². The van der Waals surface area contributed by atoms with Gasteiger partial charge in [0.25, 0.3) is 5.19 Å². The quantitative estimate of drug-likeness (QED) is 0.736. The fourth-order valence-corrected chi connectivity index (χ4v) is 1.79. The zero-order valence-corrected chi connectivity index (χ0v) is 12.5. The Morgan fingerprint density at radius 2 is 1.94 bits per heavy atom. The average Bonchev–Trinajstić information content (AvgIpc) is 2.73. The summed E-state index contributed by atoms with van der Waals surface area (Å²) in [5, 5.41) is 13.0. The van der Waals surface area contributed by atoms with E-state index in [1.807, 2.05) is 0 Å². The molecule has 0 aromatic carbocycles. The molecule has 104 valence electrons. The van der Waals surface area contributed by atoms with Crippen molar-refractivity contribution < 1.29 is 9.47 Å². The predicted octanol–water partition coefficient (Wildman–Crippen LogP) is 2.23. The molecular formula is C12H23N3O2S. The third-order valence-electron chi connectivity index (χ3n) is 2.02. The van der Waals surface area contributed by atoms with E-state index in [9.17, 15) is 0 Å². The summed E-state index contributed by atoms with van der Waals surface area (Å²) in [4.78, 5) is 0. The summed E-state index contributed by atoms with van der Waals surface area (Å²) in [6, 6.07) is 0. The number of nitrogens with zero attached hydrogens (tertiary/aromatic N) is 2. The molecule has 0 atom stereocenters. The topological polar surface area (TPSA) is 56.3 Å². The van der Waals surface area contributed by atoms with Gasteiger partial charge in [-0.05, 0) is 27.2 Å². The first-order valence-electron chi connectivity index (χ1n) is 6.29. The fourth-order valence-electron chi connectivity index (χ4n) is 1.14. The number of aromatic nitrogens is 2. The largest absolute Gasteiger partial charge is 0.466 e. The van der Waals surface area contributed by atoms with Crippen molar-refractivity contribution in [2.75, 3.05) is 19.8 Å². The smallest absolute Gasteiger partial charge is 0.294 e. The summed E-state index contributed by atoms with van der Waals surface area (Å²) in [5.41, 5.74) is 0.0840. The highest BCUT2D eigenvalue weighted by molar-refractivity contribution is 7.13. The molecule has 1 N–H and O–H groups in total. The van der Waals surface area contributed by atoms with E-state index in [1.54, 1.807) is 0 Å². The summed E-state index contributed by atoms with van der Waals surface area (Å²) in [7, 11) is 0. The minimum Gasteiger partial charge on any atom is -0.466 e. The van der Waals surface area contributed by atoms with Crippen LogP contribution >= 0.6 is 11.3 Å². The fraction of sp³-hybridized carbons (Fsp3) is 0.833. The minimum absolute atomic E-state index is 0.0840. The van der Waals surface area contributed by atoms with Crippen molar-refractivity contribution in [1.29, 1.82) is 0 Å². The molecule has 0 aliphatic carbocycles. The molecule has 0 bridgehead atoms. The second-order valence-corrected chi connectivity index (χ2v) is 6.05. The zero-order chi connectivity index (χ0) is 13.4. The molecule has 18 heavy (non-hydrogen) atoms. The molecule has 0 unspecified atom stereocenters. The van der Waals surface area contributed by atoms with Gasteiger partial charge in [0, 0.05) is 12.1 Å². The highest BCUT2D eigenvalue weighted by Gasteiger charge is 2.11. The minimum atomic E-state index is 0.0840. The second-order valence-electron chi connectivity index (χ2n) is 5.03. The molecule has 0 aliphatic rings. The Balaban J connectivity index is 2.22. The van der Waals surface area contributed by atoms with Crippen LogP contribution in [0.2, 0.25) is 0 Å². The lowest BCUT2D eigenvalue weighted by atomic mass is 10.1. The summed E-state index contributed by atoms with van der Waals surface area (Å²) in [6.45, 7) is 11.1. The Morgan fingerprint density at radius 1 is 1.17 bits per heavy atom. The first kappa shape index (κ1) is 15.3. The van der Waals surface area contributed by atoms with Gasteiger partial charge in [0.05, 0.1) is 13.2 Å². The number of ether oxygens (including phenoxy) is 2. The molecule has 0 spiro atoms. The van der Waals surface area contributed by atoms with E-state index in [0.29, 0.717) is 18.4 Å². The number of rotatable bonds is 8. The first-order chi connectivity index (χ1) is 8.51. The van der Waals surface area contributed by atoms with Crippen molar-refractivity contribution in [2.24, 2.45) is 0 Å². The molecule has 0 fully saturated rings. The second kappa shape index (κ2) is 7.66. The van der Waals surface area contributed by atoms with Crippen molar-refractivity contribution in [3.8, 4) is 5.19 Å². The normalized spacial score (nSPS) is 11.8. The third kappa shape index (κ3) is 6.88. The first-order valence-corrected chi connectivity index (χ1v) is 7.11. The Hall–Kier alpha value is -0.720. The Labute approximate surface area is 113 Å². The highest BCUT2D eigenvalue weighted by Crippen LogP contribution is 2.18. The molecule has 0 amide bonds. The van der Waals surface area contributed by atoms with Gasteiger partial charge in [0.15, 0.2) is 0 Å². The Morgan fingerprint density at radius 3 is 2.61 bits per heavy atom. The average molecular weight is 273 g/mol. The molecule has 1 aromatic rings. The van der Waals surface area contributed by atoms with Gasteiger partial charge in [-0.1, -0.05) is 18.3 Å². The lowest BCUT2D eigenvalue weighted by molar-refractivity contribution is 0.100. The summed E-state index contributed by atoms with van der Waals surface area (Å²) >= 11 is 1.47. The molecule has 1 aromatic heterocycles. The molecule has 5 nitrogen and oxygen atoms in total. The SMILES string of the molecule is CCCOCCOc1nnc(CNC(C)(C)C)s1. The van der Waals surface area contributed by atoms with E-state index < -0.39 is 0 Å². The highest BCUT2D eigenvalue weighted by atomic mass is 32.1. The lowest BCUT2D eigenvalue weighted by Crippen LogP contribution is -2.35. The molecule has 1 heterocycles. The van der Waals surface area contributed by atoms with Crippen LogP contribution in [0.1, 0.15) is 39.1 Å². The molecule has 0 saturated carbocycles. The predicted molar refractivity (Wildman–Crippen MR) is 73.1 cm³/mol. The Kier molecular flexibility index (Phi) is 6.52. The van der Waals surface area contributed by atoms with Crippen molar-refractivity contribution >= 4 is 11.3 Å². The van der Waals surface area contributed by atoms with Crippen molar-refractivity contribution in [3.05, 3.63) is 5.01 Å². The monoisotopic (exact) mass is 273 g/mol. The van der Waals surface area contributed by atoms with Crippen LogP contribution in [-0.2, 0) is 11.3 Å². The van der Waals surface area contributed by atoms with Gasteiger partial charge in [0.1, 0.15) is 11.6 Å². The maximum atomic E-state index is 5.46. The maximum Gasteiger partial charge on any atom is 0.294 e. The van der Waals surface area contributed by atoms with Crippen LogP contribution in [0.25, 0.3) is 0 Å². The van der Waals surface area contributed by atoms with E-state index >= 15 is 0 Å². The van der Waals surface area contributed by atoms with Crippen LogP contribution in [0.4, 0.5) is 0 Å². The van der Waals surface area contributed by atoms with E-state index in [1.165, 1.54) is 11.3 Å². The van der Waals surface area contributed by atoms with Crippen LogP contribution in [0.5, 0.6) is 5.19 Å². The van der Waals surface area contributed by atoms with Crippen molar-refractivity contribution in [1.82, 2.24) is 15.5 Å². The third-order valence-corrected chi connectivity index (χ3v) is 2.86. The number of nitrogens with one attached hydrogen (secondary N) is 1. The van der Waals surface area contributed by atoms with Crippen LogP contribution in [0.15, 0.2) is 0 Å². The van der Waals surface area contributed by atoms with Crippen LogP contribution in [-0.4, -0.2) is 35.6 Å². The van der Waals surface area contributed by atoms with E-state index in [2.05, 4.69) is 43.2 Å². The standard InChI is InChI=1S/C12H23N3O2S/c1-5-6-16-7-8-17-11-15-14-10(18-11)9-13-12(2,3)4/h13H,5-9H2,1-4H3. The molecule has 0 aliphatic heterocycles. The summed E-state index contributed by atoms with van der Waals surface area (Å²) in [6.07, 6.45) is 1.03. The van der Waals surface area contributed by atoms with Gasteiger partial charge in [0.2, 0.25) is 0 Å². The van der Waals surface area contributed by atoms with E-state index in [0.717, 1.165) is 24.6 Å². The van der Waals surface area contributed by atoms with Gasteiger partial charge >= 0.3 is 0 Å². The summed E-state index contributed by atoms with van der Waals surface area (Å²) < 4.78 is 10.8. The molecule has 6 heteroatoms. The van der Waals surface area contributed by atoms with Gasteiger partial charge < -0.3 is 14.8 Å². The maximum absolute atomic E-state index is 5.46. The van der Waals surface area contributed by atoms with Crippen LogP contribution in [0.3, 0.4) is 0 Å². The van der Waals surface area contributed by atoms with Crippen LogP contribution in [0, 0.1) is 0 Å². The van der Waals surface area contributed by atoms with E-state index in [4.69, 9.17) is 9.47 Å². The Bertz CT molecular complexity index is 336. The van der Waals surface area contributed by atoms with E-state index in [-0.39, 0.29) is 5.54 Å². The number of hydrogen-bond acceptors (Lipinski definition) is 6.